The fourth-order valence-electron chi connectivity index (χ4n) is 3.32. The van der Waals surface area contributed by atoms with E-state index in [1.165, 1.54) is 4.90 Å². The molecule has 2 aromatic rings. The molecule has 160 valence electrons. The van der Waals surface area contributed by atoms with Gasteiger partial charge < -0.3 is 24.8 Å². The van der Waals surface area contributed by atoms with Crippen molar-refractivity contribution in [3.8, 4) is 0 Å². The molecule has 0 radical (unpaired) electrons. The quantitative estimate of drug-likeness (QED) is 0.785. The number of carbonyl (C=O) groups excluding carboxylic acids is 2. The number of aliphatic hydroxyl groups is 1. The SMILES string of the molecule is O=C(N[C@H]1CC[C@H](O)CCN(C(=O)OCc2ccccc2)C1)OCc1ccccc1. The summed E-state index contributed by atoms with van der Waals surface area (Å²) in [5, 5.41) is 12.9. The Bertz CT molecular complexity index is 800. The standard InChI is InChI=1S/C23H28N2O5/c26-21-12-11-20(24-22(27)29-16-18-7-3-1-4-8-18)15-25(14-13-21)23(28)30-17-19-9-5-2-6-10-19/h1-10,20-21,26H,11-17H2,(H,24,27)/t20-,21-/m0/s1. The predicted molar refractivity (Wildman–Crippen MR) is 112 cm³/mol. The second-order valence-corrected chi connectivity index (χ2v) is 7.41. The van der Waals surface area contributed by atoms with Gasteiger partial charge in [-0.2, -0.15) is 0 Å². The lowest BCUT2D eigenvalue weighted by Gasteiger charge is -2.31. The Labute approximate surface area is 176 Å². The van der Waals surface area contributed by atoms with Crippen LogP contribution in [-0.2, 0) is 22.7 Å². The molecule has 3 rings (SSSR count). The fraction of sp³-hybridized carbons (Fsp3) is 0.391. The number of nitrogens with one attached hydrogen (secondary N) is 1. The summed E-state index contributed by atoms with van der Waals surface area (Å²) in [5.41, 5.74) is 1.80. The van der Waals surface area contributed by atoms with Gasteiger partial charge in [0.2, 0.25) is 0 Å². The van der Waals surface area contributed by atoms with Gasteiger partial charge in [0.15, 0.2) is 0 Å². The highest BCUT2D eigenvalue weighted by Crippen LogP contribution is 2.14. The predicted octanol–water partition coefficient (Wildman–Crippen LogP) is 3.47. The Morgan fingerprint density at radius 3 is 2.13 bits per heavy atom. The van der Waals surface area contributed by atoms with Crippen LogP contribution in [0.25, 0.3) is 0 Å². The average molecular weight is 412 g/mol. The van der Waals surface area contributed by atoms with Gasteiger partial charge in [-0.25, -0.2) is 9.59 Å². The van der Waals surface area contributed by atoms with Gasteiger partial charge in [-0.15, -0.1) is 0 Å². The topological polar surface area (TPSA) is 88.1 Å². The van der Waals surface area contributed by atoms with Crippen LogP contribution in [0.1, 0.15) is 30.4 Å². The normalized spacial score (nSPS) is 19.3. The summed E-state index contributed by atoms with van der Waals surface area (Å²) in [4.78, 5) is 26.3. The van der Waals surface area contributed by atoms with E-state index in [2.05, 4.69) is 5.32 Å². The zero-order chi connectivity index (χ0) is 21.2. The monoisotopic (exact) mass is 412 g/mol. The minimum absolute atomic E-state index is 0.171. The largest absolute Gasteiger partial charge is 0.445 e. The maximum Gasteiger partial charge on any atom is 0.410 e. The number of carbonyl (C=O) groups is 2. The number of rotatable bonds is 5. The zero-order valence-electron chi connectivity index (χ0n) is 16.9. The third-order valence-electron chi connectivity index (χ3n) is 5.02. The van der Waals surface area contributed by atoms with Gasteiger partial charge in [0.05, 0.1) is 6.10 Å². The molecular weight excluding hydrogens is 384 g/mol. The van der Waals surface area contributed by atoms with Gasteiger partial charge in [0.1, 0.15) is 13.2 Å². The summed E-state index contributed by atoms with van der Waals surface area (Å²) in [6.45, 7) is 1.02. The first kappa shape index (κ1) is 21.6. The van der Waals surface area contributed by atoms with Gasteiger partial charge >= 0.3 is 12.2 Å². The van der Waals surface area contributed by atoms with Gasteiger partial charge in [-0.1, -0.05) is 60.7 Å². The van der Waals surface area contributed by atoms with Crippen LogP contribution in [0.5, 0.6) is 0 Å². The lowest BCUT2D eigenvalue weighted by Crippen LogP contribution is -2.48. The van der Waals surface area contributed by atoms with Crippen LogP contribution in [0.2, 0.25) is 0 Å². The van der Waals surface area contributed by atoms with E-state index in [9.17, 15) is 14.7 Å². The van der Waals surface area contributed by atoms with E-state index in [4.69, 9.17) is 9.47 Å². The molecule has 2 atom stereocenters. The molecule has 2 aromatic carbocycles. The fourth-order valence-corrected chi connectivity index (χ4v) is 3.32. The molecule has 0 unspecified atom stereocenters. The number of ether oxygens (including phenoxy) is 2. The lowest BCUT2D eigenvalue weighted by atomic mass is 10.0. The zero-order valence-corrected chi connectivity index (χ0v) is 16.9. The highest BCUT2D eigenvalue weighted by molar-refractivity contribution is 5.69. The van der Waals surface area contributed by atoms with Crippen molar-refractivity contribution < 1.29 is 24.2 Å². The first-order valence-electron chi connectivity index (χ1n) is 10.2. The number of amides is 2. The summed E-state index contributed by atoms with van der Waals surface area (Å²) in [6.07, 6.45) is 0.0416. The number of alkyl carbamates (subject to hydrolysis) is 1. The van der Waals surface area contributed by atoms with E-state index in [-0.39, 0.29) is 19.3 Å². The Balaban J connectivity index is 1.52. The van der Waals surface area contributed by atoms with Crippen molar-refractivity contribution in [3.05, 3.63) is 71.8 Å². The van der Waals surface area contributed by atoms with Crippen molar-refractivity contribution in [2.45, 2.75) is 44.6 Å². The summed E-state index contributed by atoms with van der Waals surface area (Å²) in [5.74, 6) is 0. The molecule has 2 N–H and O–H groups in total. The number of aliphatic hydroxyl groups excluding tert-OH is 1. The Hall–Kier alpha value is -3.06. The minimum atomic E-state index is -0.545. The van der Waals surface area contributed by atoms with Crippen LogP contribution in [-0.4, -0.2) is 47.4 Å². The first-order valence-corrected chi connectivity index (χ1v) is 10.2. The van der Waals surface area contributed by atoms with Crippen LogP contribution in [0.15, 0.2) is 60.7 Å². The molecule has 0 spiro atoms. The number of hydrogen-bond acceptors (Lipinski definition) is 5. The van der Waals surface area contributed by atoms with E-state index in [0.29, 0.717) is 32.4 Å². The van der Waals surface area contributed by atoms with E-state index in [0.717, 1.165) is 11.1 Å². The van der Waals surface area contributed by atoms with Crippen LogP contribution in [0, 0.1) is 0 Å². The van der Waals surface area contributed by atoms with Crippen molar-refractivity contribution in [2.75, 3.05) is 13.1 Å². The molecule has 0 bridgehead atoms. The Morgan fingerprint density at radius 2 is 1.50 bits per heavy atom. The van der Waals surface area contributed by atoms with Crippen LogP contribution in [0.3, 0.4) is 0 Å². The molecule has 2 amide bonds. The van der Waals surface area contributed by atoms with E-state index in [1.807, 2.05) is 60.7 Å². The highest BCUT2D eigenvalue weighted by atomic mass is 16.6. The van der Waals surface area contributed by atoms with Crippen molar-refractivity contribution in [2.24, 2.45) is 0 Å². The van der Waals surface area contributed by atoms with Crippen molar-refractivity contribution >= 4 is 12.2 Å². The summed E-state index contributed by atoms with van der Waals surface area (Å²) >= 11 is 0. The smallest absolute Gasteiger partial charge is 0.410 e. The van der Waals surface area contributed by atoms with Gasteiger partial charge in [0.25, 0.3) is 0 Å². The molecule has 7 nitrogen and oxygen atoms in total. The van der Waals surface area contributed by atoms with Crippen molar-refractivity contribution in [1.82, 2.24) is 10.2 Å². The Morgan fingerprint density at radius 1 is 0.900 bits per heavy atom. The minimum Gasteiger partial charge on any atom is -0.445 e. The molecule has 0 saturated carbocycles. The second-order valence-electron chi connectivity index (χ2n) is 7.41. The molecule has 30 heavy (non-hydrogen) atoms. The van der Waals surface area contributed by atoms with Crippen molar-refractivity contribution in [3.63, 3.8) is 0 Å². The average Bonchev–Trinajstić information content (AvgIpc) is 2.77. The molecule has 1 aliphatic heterocycles. The third-order valence-corrected chi connectivity index (χ3v) is 5.02. The maximum atomic E-state index is 12.6. The highest BCUT2D eigenvalue weighted by Gasteiger charge is 2.26. The number of likely N-dealkylation sites (tertiary alicyclic amines) is 1. The molecule has 1 aliphatic rings. The van der Waals surface area contributed by atoms with Gasteiger partial charge in [-0.3, -0.25) is 0 Å². The van der Waals surface area contributed by atoms with Crippen LogP contribution < -0.4 is 5.32 Å². The van der Waals surface area contributed by atoms with E-state index < -0.39 is 18.3 Å². The molecule has 7 heteroatoms. The molecule has 1 heterocycles. The number of nitrogens with zero attached hydrogens (tertiary/aromatic N) is 1. The molecular formula is C23H28N2O5. The summed E-state index contributed by atoms with van der Waals surface area (Å²) in [7, 11) is 0. The summed E-state index contributed by atoms with van der Waals surface area (Å²) < 4.78 is 10.7. The summed E-state index contributed by atoms with van der Waals surface area (Å²) in [6, 6.07) is 18.5. The maximum absolute atomic E-state index is 12.6. The lowest BCUT2D eigenvalue weighted by molar-refractivity contribution is 0.0674. The van der Waals surface area contributed by atoms with Crippen LogP contribution >= 0.6 is 0 Å². The second kappa shape index (κ2) is 11.2. The van der Waals surface area contributed by atoms with Gasteiger partial charge in [0, 0.05) is 19.1 Å². The molecule has 0 aromatic heterocycles. The molecule has 0 aliphatic carbocycles. The number of benzene rings is 2. The molecule has 1 fully saturated rings. The third kappa shape index (κ3) is 7.08. The van der Waals surface area contributed by atoms with Gasteiger partial charge in [-0.05, 0) is 30.4 Å². The van der Waals surface area contributed by atoms with Crippen LogP contribution in [0.4, 0.5) is 9.59 Å². The van der Waals surface area contributed by atoms with E-state index in [1.54, 1.807) is 0 Å². The number of hydrogen-bond donors (Lipinski definition) is 2. The molecule has 1 saturated heterocycles. The Kier molecular flexibility index (Phi) is 8.09. The van der Waals surface area contributed by atoms with Crippen molar-refractivity contribution in [1.29, 1.82) is 0 Å². The van der Waals surface area contributed by atoms with E-state index >= 15 is 0 Å². The first-order chi connectivity index (χ1) is 14.6.